The molecule has 0 bridgehead atoms. The molecule has 0 saturated carbocycles. The minimum atomic E-state index is 0.298. The number of nitrogens with zero attached hydrogens (tertiary/aromatic N) is 1. The van der Waals surface area contributed by atoms with E-state index in [0.717, 1.165) is 18.8 Å². The van der Waals surface area contributed by atoms with Crippen LogP contribution in [0, 0.1) is 0 Å². The van der Waals surface area contributed by atoms with Crippen LogP contribution in [0.3, 0.4) is 0 Å². The van der Waals surface area contributed by atoms with Crippen molar-refractivity contribution in [2.24, 2.45) is 0 Å². The van der Waals surface area contributed by atoms with E-state index >= 15 is 0 Å². The van der Waals surface area contributed by atoms with Crippen molar-refractivity contribution in [3.8, 4) is 5.75 Å². The molecule has 104 valence electrons. The third-order valence-electron chi connectivity index (χ3n) is 3.86. The second kappa shape index (κ2) is 5.45. The molecule has 0 atom stereocenters. The van der Waals surface area contributed by atoms with Gasteiger partial charge in [0, 0.05) is 31.5 Å². The second-order valence-corrected chi connectivity index (χ2v) is 5.39. The Morgan fingerprint density at radius 2 is 1.95 bits per heavy atom. The molecule has 2 aromatic carbocycles. The van der Waals surface area contributed by atoms with Crippen LogP contribution in [0.2, 0.25) is 0 Å². The predicted molar refractivity (Wildman–Crippen MR) is 83.5 cm³/mol. The molecule has 1 aliphatic heterocycles. The van der Waals surface area contributed by atoms with Crippen molar-refractivity contribution in [2.75, 3.05) is 23.8 Å². The van der Waals surface area contributed by atoms with Crippen molar-refractivity contribution >= 4 is 11.4 Å². The predicted octanol–water partition coefficient (Wildman–Crippen LogP) is 3.39. The van der Waals surface area contributed by atoms with E-state index in [4.69, 9.17) is 0 Å². The summed E-state index contributed by atoms with van der Waals surface area (Å²) in [4.78, 5) is 2.33. The Bertz CT molecular complexity index is 592. The number of anilines is 2. The minimum absolute atomic E-state index is 0.298. The number of aromatic hydroxyl groups is 1. The van der Waals surface area contributed by atoms with Crippen molar-refractivity contribution in [1.82, 2.24) is 0 Å². The van der Waals surface area contributed by atoms with Gasteiger partial charge < -0.3 is 15.3 Å². The number of hydrogen-bond donors (Lipinski definition) is 2. The highest BCUT2D eigenvalue weighted by Crippen LogP contribution is 2.27. The normalized spacial score (nSPS) is 13.9. The van der Waals surface area contributed by atoms with E-state index in [1.54, 1.807) is 12.1 Å². The van der Waals surface area contributed by atoms with Crippen LogP contribution in [-0.4, -0.2) is 18.7 Å². The Hall–Kier alpha value is -2.16. The summed E-state index contributed by atoms with van der Waals surface area (Å²) in [5.74, 6) is 0.298. The first kappa shape index (κ1) is 12.9. The quantitative estimate of drug-likeness (QED) is 0.838. The van der Waals surface area contributed by atoms with Gasteiger partial charge in [-0.15, -0.1) is 0 Å². The number of fused-ring (bicyclic) bond motifs is 1. The van der Waals surface area contributed by atoms with Gasteiger partial charge in [0.1, 0.15) is 5.75 Å². The Kier molecular flexibility index (Phi) is 3.50. The molecular formula is C17H20N2O. The lowest BCUT2D eigenvalue weighted by Gasteiger charge is -2.27. The van der Waals surface area contributed by atoms with Gasteiger partial charge >= 0.3 is 0 Å². The summed E-state index contributed by atoms with van der Waals surface area (Å²) in [7, 11) is 2.16. The average Bonchev–Trinajstić information content (AvgIpc) is 2.47. The van der Waals surface area contributed by atoms with Gasteiger partial charge in [0.15, 0.2) is 0 Å². The molecule has 0 aliphatic carbocycles. The lowest BCUT2D eigenvalue weighted by Crippen LogP contribution is -2.24. The maximum absolute atomic E-state index is 9.27. The highest BCUT2D eigenvalue weighted by atomic mass is 16.3. The fourth-order valence-electron chi connectivity index (χ4n) is 2.73. The van der Waals surface area contributed by atoms with E-state index in [0.29, 0.717) is 5.75 Å². The van der Waals surface area contributed by atoms with E-state index in [1.807, 2.05) is 12.1 Å². The summed E-state index contributed by atoms with van der Waals surface area (Å²) < 4.78 is 0. The number of hydrogen-bond acceptors (Lipinski definition) is 3. The fraction of sp³-hybridized carbons (Fsp3) is 0.294. The number of rotatable bonds is 3. The molecular weight excluding hydrogens is 248 g/mol. The first-order valence-electron chi connectivity index (χ1n) is 7.08. The van der Waals surface area contributed by atoms with Crippen LogP contribution in [0.5, 0.6) is 5.75 Å². The molecule has 0 radical (unpaired) electrons. The van der Waals surface area contributed by atoms with Crippen LogP contribution in [0.25, 0.3) is 0 Å². The Morgan fingerprint density at radius 3 is 2.75 bits per heavy atom. The van der Waals surface area contributed by atoms with Crippen molar-refractivity contribution in [3.63, 3.8) is 0 Å². The largest absolute Gasteiger partial charge is 0.508 e. The summed E-state index contributed by atoms with van der Waals surface area (Å²) in [6.45, 7) is 1.96. The van der Waals surface area contributed by atoms with E-state index in [9.17, 15) is 5.11 Å². The molecule has 3 nitrogen and oxygen atoms in total. The van der Waals surface area contributed by atoms with Gasteiger partial charge in [0.05, 0.1) is 0 Å². The molecule has 0 aromatic heterocycles. The summed E-state index contributed by atoms with van der Waals surface area (Å²) in [6.07, 6.45) is 2.41. The van der Waals surface area contributed by atoms with Crippen LogP contribution >= 0.6 is 0 Å². The monoisotopic (exact) mass is 268 g/mol. The maximum Gasteiger partial charge on any atom is 0.115 e. The van der Waals surface area contributed by atoms with Gasteiger partial charge in [0.2, 0.25) is 0 Å². The SMILES string of the molecule is CN1CCCc2cc(CNc3ccc(O)cc3)ccc21. The number of benzene rings is 2. The molecule has 0 saturated heterocycles. The zero-order valence-electron chi connectivity index (χ0n) is 11.8. The first-order valence-corrected chi connectivity index (χ1v) is 7.08. The summed E-state index contributed by atoms with van der Waals surface area (Å²) >= 11 is 0. The average molecular weight is 268 g/mol. The number of nitrogens with one attached hydrogen (secondary N) is 1. The lowest BCUT2D eigenvalue weighted by molar-refractivity contribution is 0.475. The number of phenols is 1. The third kappa shape index (κ3) is 2.72. The van der Waals surface area contributed by atoms with Gasteiger partial charge in [-0.25, -0.2) is 0 Å². The Morgan fingerprint density at radius 1 is 1.15 bits per heavy atom. The van der Waals surface area contributed by atoms with Crippen molar-refractivity contribution in [3.05, 3.63) is 53.6 Å². The van der Waals surface area contributed by atoms with Gasteiger partial charge in [-0.05, 0) is 54.3 Å². The highest BCUT2D eigenvalue weighted by Gasteiger charge is 2.13. The van der Waals surface area contributed by atoms with E-state index in [2.05, 4.69) is 35.5 Å². The molecule has 3 heteroatoms. The summed E-state index contributed by atoms with van der Waals surface area (Å²) in [5, 5.41) is 12.6. The van der Waals surface area contributed by atoms with Crippen LogP contribution in [0.1, 0.15) is 17.5 Å². The number of aryl methyl sites for hydroxylation is 1. The summed E-state index contributed by atoms with van der Waals surface area (Å²) in [5.41, 5.74) is 5.14. The zero-order valence-corrected chi connectivity index (χ0v) is 11.8. The van der Waals surface area contributed by atoms with Crippen molar-refractivity contribution in [1.29, 1.82) is 0 Å². The highest BCUT2D eigenvalue weighted by molar-refractivity contribution is 5.56. The second-order valence-electron chi connectivity index (χ2n) is 5.39. The van der Waals surface area contributed by atoms with Crippen LogP contribution in [0.4, 0.5) is 11.4 Å². The lowest BCUT2D eigenvalue weighted by atomic mass is 9.99. The Labute approximate surface area is 119 Å². The molecule has 2 N–H and O–H groups in total. The van der Waals surface area contributed by atoms with Gasteiger partial charge in [-0.2, -0.15) is 0 Å². The Balaban J connectivity index is 1.70. The van der Waals surface area contributed by atoms with Crippen molar-refractivity contribution < 1.29 is 5.11 Å². The van der Waals surface area contributed by atoms with Gasteiger partial charge in [-0.1, -0.05) is 12.1 Å². The molecule has 1 heterocycles. The van der Waals surface area contributed by atoms with Crippen LogP contribution in [-0.2, 0) is 13.0 Å². The molecule has 2 aromatic rings. The molecule has 0 unspecified atom stereocenters. The van der Waals surface area contributed by atoms with Crippen molar-refractivity contribution in [2.45, 2.75) is 19.4 Å². The van der Waals surface area contributed by atoms with Gasteiger partial charge in [0.25, 0.3) is 0 Å². The molecule has 1 aliphatic rings. The molecule has 0 spiro atoms. The van der Waals surface area contributed by atoms with E-state index < -0.39 is 0 Å². The molecule has 3 rings (SSSR count). The standard InChI is InChI=1S/C17H20N2O/c1-19-10-2-3-14-11-13(4-9-17(14)19)12-18-15-5-7-16(20)8-6-15/h4-9,11,18,20H,2-3,10,12H2,1H3. The molecule has 0 amide bonds. The summed E-state index contributed by atoms with van der Waals surface area (Å²) in [6, 6.07) is 13.9. The first-order chi connectivity index (χ1) is 9.72. The van der Waals surface area contributed by atoms with E-state index in [1.165, 1.54) is 29.7 Å². The third-order valence-corrected chi connectivity index (χ3v) is 3.86. The smallest absolute Gasteiger partial charge is 0.115 e. The van der Waals surface area contributed by atoms with Crippen LogP contribution in [0.15, 0.2) is 42.5 Å². The van der Waals surface area contributed by atoms with Gasteiger partial charge in [-0.3, -0.25) is 0 Å². The molecule has 0 fully saturated rings. The maximum atomic E-state index is 9.27. The fourth-order valence-corrected chi connectivity index (χ4v) is 2.73. The topological polar surface area (TPSA) is 35.5 Å². The zero-order chi connectivity index (χ0) is 13.9. The minimum Gasteiger partial charge on any atom is -0.508 e. The number of phenolic OH excluding ortho intramolecular Hbond substituents is 1. The van der Waals surface area contributed by atoms with Crippen LogP contribution < -0.4 is 10.2 Å². The molecule has 20 heavy (non-hydrogen) atoms. The van der Waals surface area contributed by atoms with E-state index in [-0.39, 0.29) is 0 Å².